The molecule has 1 saturated heterocycles. The number of ether oxygens (including phenoxy) is 1. The number of hydrogen-bond acceptors (Lipinski definition) is 5. The lowest BCUT2D eigenvalue weighted by atomic mass is 10.2. The Bertz CT molecular complexity index is 710. The third-order valence-electron chi connectivity index (χ3n) is 4.05. The van der Waals surface area contributed by atoms with Crippen molar-refractivity contribution in [1.82, 2.24) is 14.9 Å². The third kappa shape index (κ3) is 2.68. The maximum atomic E-state index is 11.9. The minimum atomic E-state index is 0.117. The highest BCUT2D eigenvalue weighted by Gasteiger charge is 2.23. The first kappa shape index (κ1) is 13.3. The number of likely N-dealkylation sites (tertiary alicyclic amines) is 1. The fourth-order valence-electron chi connectivity index (χ4n) is 2.47. The van der Waals surface area contributed by atoms with Crippen molar-refractivity contribution >= 4 is 22.6 Å². The lowest BCUT2D eigenvalue weighted by Crippen LogP contribution is -2.44. The van der Waals surface area contributed by atoms with Gasteiger partial charge < -0.3 is 15.0 Å². The van der Waals surface area contributed by atoms with Gasteiger partial charge in [-0.3, -0.25) is 4.79 Å². The highest BCUT2D eigenvalue weighted by molar-refractivity contribution is 5.91. The van der Waals surface area contributed by atoms with Gasteiger partial charge in [0.25, 0.3) is 0 Å². The monoisotopic (exact) mass is 298 g/mol. The summed E-state index contributed by atoms with van der Waals surface area (Å²) in [6.07, 6.45) is 5.25. The van der Waals surface area contributed by atoms with Crippen LogP contribution in [0, 0.1) is 0 Å². The molecule has 1 aliphatic heterocycles. The van der Waals surface area contributed by atoms with Crippen LogP contribution in [0.25, 0.3) is 10.9 Å². The van der Waals surface area contributed by atoms with Crippen LogP contribution in [0.2, 0.25) is 0 Å². The molecule has 0 radical (unpaired) electrons. The second-order valence-corrected chi connectivity index (χ2v) is 5.81. The van der Waals surface area contributed by atoms with E-state index in [4.69, 9.17) is 4.74 Å². The minimum Gasteiger partial charge on any atom is -0.490 e. The van der Waals surface area contributed by atoms with E-state index in [0.717, 1.165) is 49.0 Å². The van der Waals surface area contributed by atoms with Gasteiger partial charge >= 0.3 is 0 Å². The van der Waals surface area contributed by atoms with Gasteiger partial charge in [0.1, 0.15) is 17.9 Å². The molecule has 1 saturated carbocycles. The van der Waals surface area contributed by atoms with Gasteiger partial charge in [-0.1, -0.05) is 0 Å². The summed E-state index contributed by atoms with van der Waals surface area (Å²) in [6.45, 7) is 2.01. The molecule has 1 amide bonds. The Balaban J connectivity index is 1.51. The molecule has 0 unspecified atom stereocenters. The van der Waals surface area contributed by atoms with Gasteiger partial charge in [0, 0.05) is 24.5 Å². The molecular weight excluding hydrogens is 280 g/mol. The van der Waals surface area contributed by atoms with Crippen LogP contribution in [-0.2, 0) is 4.79 Å². The number of aromatic nitrogens is 2. The molecular formula is C16H18N4O2. The van der Waals surface area contributed by atoms with Crippen LogP contribution in [0.4, 0.5) is 5.82 Å². The Labute approximate surface area is 128 Å². The van der Waals surface area contributed by atoms with Crippen LogP contribution in [0.5, 0.6) is 5.75 Å². The summed E-state index contributed by atoms with van der Waals surface area (Å²) in [5.74, 6) is 1.65. The molecule has 1 aromatic carbocycles. The Morgan fingerprint density at radius 1 is 1.32 bits per heavy atom. The topological polar surface area (TPSA) is 67.3 Å². The maximum Gasteiger partial charge on any atom is 0.241 e. The van der Waals surface area contributed by atoms with E-state index in [2.05, 4.69) is 15.3 Å². The quantitative estimate of drug-likeness (QED) is 0.912. The molecule has 2 heterocycles. The van der Waals surface area contributed by atoms with Crippen LogP contribution in [-0.4, -0.2) is 46.5 Å². The molecule has 2 aliphatic rings. The summed E-state index contributed by atoms with van der Waals surface area (Å²) in [5, 5.41) is 4.03. The normalized spacial score (nSPS) is 17.2. The first-order valence-electron chi connectivity index (χ1n) is 7.73. The molecule has 0 spiro atoms. The van der Waals surface area contributed by atoms with Gasteiger partial charge in [-0.15, -0.1) is 0 Å². The van der Waals surface area contributed by atoms with Gasteiger partial charge in [-0.2, -0.15) is 0 Å². The molecule has 1 aromatic heterocycles. The van der Waals surface area contributed by atoms with Crippen LogP contribution in [0.15, 0.2) is 24.5 Å². The van der Waals surface area contributed by atoms with E-state index < -0.39 is 0 Å². The van der Waals surface area contributed by atoms with E-state index in [9.17, 15) is 4.79 Å². The fourth-order valence-corrected chi connectivity index (χ4v) is 2.47. The molecule has 2 fully saturated rings. The average Bonchev–Trinajstić information content (AvgIpc) is 3.27. The Morgan fingerprint density at radius 2 is 2.18 bits per heavy atom. The number of carbonyl (C=O) groups excluding carboxylic acids is 1. The van der Waals surface area contributed by atoms with Gasteiger partial charge in [-0.25, -0.2) is 9.97 Å². The summed E-state index contributed by atoms with van der Waals surface area (Å²) in [6, 6.07) is 5.81. The zero-order valence-electron chi connectivity index (χ0n) is 12.3. The van der Waals surface area contributed by atoms with Crippen molar-refractivity contribution in [3.05, 3.63) is 24.5 Å². The van der Waals surface area contributed by atoms with Crippen molar-refractivity contribution in [3.63, 3.8) is 0 Å². The van der Waals surface area contributed by atoms with Crippen molar-refractivity contribution in [2.75, 3.05) is 25.0 Å². The molecule has 2 aromatic rings. The maximum absolute atomic E-state index is 11.9. The molecule has 6 nitrogen and oxygen atoms in total. The largest absolute Gasteiger partial charge is 0.490 e. The summed E-state index contributed by atoms with van der Waals surface area (Å²) < 4.78 is 5.78. The zero-order chi connectivity index (χ0) is 14.9. The Hall–Kier alpha value is -2.37. The van der Waals surface area contributed by atoms with Crippen LogP contribution >= 0.6 is 0 Å². The number of benzene rings is 1. The molecule has 4 rings (SSSR count). The van der Waals surface area contributed by atoms with E-state index in [1.165, 1.54) is 6.33 Å². The van der Waals surface area contributed by atoms with E-state index in [1.807, 2.05) is 23.1 Å². The van der Waals surface area contributed by atoms with Gasteiger partial charge in [-0.05, 0) is 31.4 Å². The highest BCUT2D eigenvalue weighted by atomic mass is 16.5. The minimum absolute atomic E-state index is 0.117. The van der Waals surface area contributed by atoms with Crippen molar-refractivity contribution < 1.29 is 9.53 Å². The number of rotatable bonds is 5. The summed E-state index contributed by atoms with van der Waals surface area (Å²) in [5.41, 5.74) is 0.826. The van der Waals surface area contributed by atoms with Crippen LogP contribution in [0.3, 0.4) is 0 Å². The van der Waals surface area contributed by atoms with E-state index in [1.54, 1.807) is 0 Å². The highest BCUT2D eigenvalue weighted by Crippen LogP contribution is 2.29. The number of fused-ring (bicyclic) bond motifs is 1. The average molecular weight is 298 g/mol. The number of nitrogens with zero attached hydrogens (tertiary/aromatic N) is 3. The summed E-state index contributed by atoms with van der Waals surface area (Å²) in [4.78, 5) is 22.3. The molecule has 6 heteroatoms. The molecule has 22 heavy (non-hydrogen) atoms. The van der Waals surface area contributed by atoms with Crippen molar-refractivity contribution in [1.29, 1.82) is 0 Å². The fraction of sp³-hybridized carbons (Fsp3) is 0.438. The second-order valence-electron chi connectivity index (χ2n) is 5.81. The van der Waals surface area contributed by atoms with Gasteiger partial charge in [0.2, 0.25) is 5.91 Å². The summed E-state index contributed by atoms with van der Waals surface area (Å²) >= 11 is 0. The number of nitrogens with one attached hydrogen (secondary N) is 1. The molecule has 114 valence electrons. The predicted molar refractivity (Wildman–Crippen MR) is 82.9 cm³/mol. The van der Waals surface area contributed by atoms with E-state index >= 15 is 0 Å². The zero-order valence-corrected chi connectivity index (χ0v) is 12.3. The predicted octanol–water partition coefficient (Wildman–Crippen LogP) is 1.82. The SMILES string of the molecule is O=C(CNc1ncnc2cc(OC3CC3)ccc12)N1CCC1. The van der Waals surface area contributed by atoms with Gasteiger partial charge in [0.05, 0.1) is 18.2 Å². The Kier molecular flexibility index (Phi) is 3.29. The number of hydrogen-bond donors (Lipinski definition) is 1. The standard InChI is InChI=1S/C16H18N4O2/c21-15(20-6-1-7-20)9-17-16-13-5-4-12(22-11-2-3-11)8-14(13)18-10-19-16/h4-5,8,10-11H,1-3,6-7,9H2,(H,17,18,19). The molecule has 1 aliphatic carbocycles. The first-order chi connectivity index (χ1) is 10.8. The Morgan fingerprint density at radius 3 is 2.91 bits per heavy atom. The van der Waals surface area contributed by atoms with Crippen molar-refractivity contribution in [2.45, 2.75) is 25.4 Å². The van der Waals surface area contributed by atoms with Crippen LogP contribution < -0.4 is 10.1 Å². The van der Waals surface area contributed by atoms with Crippen molar-refractivity contribution in [3.8, 4) is 5.75 Å². The lowest BCUT2D eigenvalue weighted by Gasteiger charge is -2.31. The molecule has 1 N–H and O–H groups in total. The van der Waals surface area contributed by atoms with Crippen LogP contribution in [0.1, 0.15) is 19.3 Å². The van der Waals surface area contributed by atoms with Crippen molar-refractivity contribution in [2.24, 2.45) is 0 Å². The number of amides is 1. The molecule has 0 atom stereocenters. The summed E-state index contributed by atoms with van der Waals surface area (Å²) in [7, 11) is 0. The lowest BCUT2D eigenvalue weighted by molar-refractivity contribution is -0.132. The smallest absolute Gasteiger partial charge is 0.241 e. The van der Waals surface area contributed by atoms with Gasteiger partial charge in [0.15, 0.2) is 0 Å². The molecule has 0 bridgehead atoms. The first-order valence-corrected chi connectivity index (χ1v) is 7.73. The van der Waals surface area contributed by atoms with E-state index in [-0.39, 0.29) is 12.5 Å². The third-order valence-corrected chi connectivity index (χ3v) is 4.05. The van der Waals surface area contributed by atoms with E-state index in [0.29, 0.717) is 11.9 Å². The second kappa shape index (κ2) is 5.44. The number of anilines is 1. The number of carbonyl (C=O) groups is 1.